The van der Waals surface area contributed by atoms with Crippen molar-refractivity contribution in [1.29, 1.82) is 0 Å². The van der Waals surface area contributed by atoms with E-state index in [0.29, 0.717) is 6.04 Å². The molecule has 0 aliphatic heterocycles. The maximum atomic E-state index is 5.98. The minimum Gasteiger partial charge on any atom is -0.328 e. The van der Waals surface area contributed by atoms with Crippen molar-refractivity contribution in [3.8, 4) is 0 Å². The van der Waals surface area contributed by atoms with Gasteiger partial charge in [0.15, 0.2) is 0 Å². The Kier molecular flexibility index (Phi) is 3.63. The van der Waals surface area contributed by atoms with Crippen LogP contribution in [-0.2, 0) is 6.42 Å². The van der Waals surface area contributed by atoms with Crippen LogP contribution in [0.5, 0.6) is 0 Å². The van der Waals surface area contributed by atoms with Gasteiger partial charge in [-0.15, -0.1) is 11.3 Å². The monoisotopic (exact) mass is 273 g/mol. The lowest BCUT2D eigenvalue weighted by Crippen LogP contribution is -2.28. The molecule has 0 radical (unpaired) electrons. The van der Waals surface area contributed by atoms with Crippen LogP contribution in [0.25, 0.3) is 0 Å². The highest BCUT2D eigenvalue weighted by atomic mass is 79.9. The summed E-state index contributed by atoms with van der Waals surface area (Å²) in [6, 6.07) is 2.59. The highest BCUT2D eigenvalue weighted by Crippen LogP contribution is 2.31. The van der Waals surface area contributed by atoms with Crippen molar-refractivity contribution in [2.45, 2.75) is 38.1 Å². The van der Waals surface area contributed by atoms with Crippen molar-refractivity contribution in [3.63, 3.8) is 0 Å². The van der Waals surface area contributed by atoms with Crippen LogP contribution in [0.2, 0.25) is 0 Å². The smallest absolute Gasteiger partial charge is 0.0314 e. The van der Waals surface area contributed by atoms with E-state index in [1.165, 1.54) is 41.5 Å². The molecule has 1 fully saturated rings. The molecule has 1 heterocycles. The molecule has 2 N–H and O–H groups in total. The molecule has 2 atom stereocenters. The Morgan fingerprint density at radius 3 is 3.00 bits per heavy atom. The third-order valence-corrected chi connectivity index (χ3v) is 4.94. The average Bonchev–Trinajstić information content (AvgIpc) is 2.52. The highest BCUT2D eigenvalue weighted by molar-refractivity contribution is 9.10. The Morgan fingerprint density at radius 2 is 2.36 bits per heavy atom. The van der Waals surface area contributed by atoms with Crippen molar-refractivity contribution in [1.82, 2.24) is 0 Å². The van der Waals surface area contributed by atoms with E-state index < -0.39 is 0 Å². The molecule has 14 heavy (non-hydrogen) atoms. The topological polar surface area (TPSA) is 26.0 Å². The SMILES string of the molecule is NC1CCCC(Cc2sccc2Br)C1. The van der Waals surface area contributed by atoms with E-state index in [-0.39, 0.29) is 0 Å². The van der Waals surface area contributed by atoms with Gasteiger partial charge in [0.05, 0.1) is 0 Å². The van der Waals surface area contributed by atoms with Crippen LogP contribution in [0.15, 0.2) is 15.9 Å². The second-order valence-corrected chi connectivity index (χ2v) is 6.04. The third kappa shape index (κ3) is 2.59. The molecule has 3 heteroatoms. The molecule has 0 spiro atoms. The van der Waals surface area contributed by atoms with E-state index >= 15 is 0 Å². The number of nitrogens with two attached hydrogens (primary N) is 1. The van der Waals surface area contributed by atoms with Gasteiger partial charge in [-0.25, -0.2) is 0 Å². The van der Waals surface area contributed by atoms with Gasteiger partial charge in [-0.05, 0) is 59.0 Å². The Balaban J connectivity index is 1.94. The van der Waals surface area contributed by atoms with Crippen molar-refractivity contribution < 1.29 is 0 Å². The molecular weight excluding hydrogens is 258 g/mol. The van der Waals surface area contributed by atoms with Crippen LogP contribution in [0.3, 0.4) is 0 Å². The van der Waals surface area contributed by atoms with Crippen LogP contribution in [0, 0.1) is 5.92 Å². The van der Waals surface area contributed by atoms with Crippen molar-refractivity contribution >= 4 is 27.3 Å². The van der Waals surface area contributed by atoms with Crippen LogP contribution in [0.4, 0.5) is 0 Å². The molecule has 0 amide bonds. The zero-order valence-electron chi connectivity index (χ0n) is 8.21. The van der Waals surface area contributed by atoms with Crippen LogP contribution >= 0.6 is 27.3 Å². The molecular formula is C11H16BrNS. The van der Waals surface area contributed by atoms with Gasteiger partial charge in [0, 0.05) is 15.4 Å². The Bertz CT molecular complexity index is 297. The number of rotatable bonds is 2. The molecule has 1 aromatic heterocycles. The summed E-state index contributed by atoms with van der Waals surface area (Å²) in [6.45, 7) is 0. The molecule has 1 aliphatic carbocycles. The lowest BCUT2D eigenvalue weighted by molar-refractivity contribution is 0.322. The van der Waals surface area contributed by atoms with Crippen molar-refractivity contribution in [2.75, 3.05) is 0 Å². The summed E-state index contributed by atoms with van der Waals surface area (Å²) in [7, 11) is 0. The van der Waals surface area contributed by atoms with Gasteiger partial charge in [-0.1, -0.05) is 6.42 Å². The first-order valence-corrected chi connectivity index (χ1v) is 6.90. The zero-order valence-corrected chi connectivity index (χ0v) is 10.6. The average molecular weight is 274 g/mol. The molecule has 0 bridgehead atoms. The van der Waals surface area contributed by atoms with Gasteiger partial charge in [0.2, 0.25) is 0 Å². The van der Waals surface area contributed by atoms with E-state index in [1.807, 2.05) is 11.3 Å². The highest BCUT2D eigenvalue weighted by Gasteiger charge is 2.20. The second kappa shape index (κ2) is 4.77. The van der Waals surface area contributed by atoms with Gasteiger partial charge in [0.25, 0.3) is 0 Å². The molecule has 2 unspecified atom stereocenters. The van der Waals surface area contributed by atoms with Crippen LogP contribution in [-0.4, -0.2) is 6.04 Å². The minimum atomic E-state index is 0.451. The van der Waals surface area contributed by atoms with Gasteiger partial charge in [-0.3, -0.25) is 0 Å². The van der Waals surface area contributed by atoms with Gasteiger partial charge < -0.3 is 5.73 Å². The Morgan fingerprint density at radius 1 is 1.50 bits per heavy atom. The van der Waals surface area contributed by atoms with Crippen molar-refractivity contribution in [3.05, 3.63) is 20.8 Å². The minimum absolute atomic E-state index is 0.451. The largest absolute Gasteiger partial charge is 0.328 e. The lowest BCUT2D eigenvalue weighted by Gasteiger charge is -2.26. The van der Waals surface area contributed by atoms with E-state index in [0.717, 1.165) is 5.92 Å². The molecule has 0 aromatic carbocycles. The van der Waals surface area contributed by atoms with Crippen molar-refractivity contribution in [2.24, 2.45) is 11.7 Å². The maximum Gasteiger partial charge on any atom is 0.0314 e. The number of hydrogen-bond donors (Lipinski definition) is 1. The summed E-state index contributed by atoms with van der Waals surface area (Å²) in [5.41, 5.74) is 5.98. The predicted octanol–water partition coefficient (Wildman–Crippen LogP) is 3.57. The summed E-state index contributed by atoms with van der Waals surface area (Å²) in [6.07, 6.45) is 6.32. The third-order valence-electron chi connectivity index (χ3n) is 2.99. The first-order valence-electron chi connectivity index (χ1n) is 5.23. The summed E-state index contributed by atoms with van der Waals surface area (Å²) >= 11 is 5.44. The fraction of sp³-hybridized carbons (Fsp3) is 0.636. The van der Waals surface area contributed by atoms with Gasteiger partial charge >= 0.3 is 0 Å². The summed E-state index contributed by atoms with van der Waals surface area (Å²) in [4.78, 5) is 1.49. The molecule has 1 aliphatic rings. The Hall–Kier alpha value is 0.140. The summed E-state index contributed by atoms with van der Waals surface area (Å²) < 4.78 is 1.28. The lowest BCUT2D eigenvalue weighted by atomic mass is 9.84. The summed E-state index contributed by atoms with van der Waals surface area (Å²) in [5, 5.41) is 2.15. The van der Waals surface area contributed by atoms with E-state index in [9.17, 15) is 0 Å². The maximum absolute atomic E-state index is 5.98. The molecule has 1 nitrogen and oxygen atoms in total. The number of hydrogen-bond acceptors (Lipinski definition) is 2. The molecule has 2 rings (SSSR count). The molecule has 1 aromatic rings. The first kappa shape index (κ1) is 10.7. The normalized spacial score (nSPS) is 27.9. The number of thiophene rings is 1. The number of halogens is 1. The molecule has 1 saturated carbocycles. The van der Waals surface area contributed by atoms with E-state index in [2.05, 4.69) is 27.4 Å². The summed E-state index contributed by atoms with van der Waals surface area (Å²) in [5.74, 6) is 0.814. The second-order valence-electron chi connectivity index (χ2n) is 4.19. The zero-order chi connectivity index (χ0) is 9.97. The standard InChI is InChI=1S/C11H16BrNS/c12-10-4-5-14-11(10)7-8-2-1-3-9(13)6-8/h4-5,8-9H,1-3,6-7,13H2. The van der Waals surface area contributed by atoms with Crippen LogP contribution < -0.4 is 5.73 Å². The molecule has 78 valence electrons. The predicted molar refractivity (Wildman–Crippen MR) is 65.7 cm³/mol. The molecule has 0 saturated heterocycles. The van der Waals surface area contributed by atoms with E-state index in [1.54, 1.807) is 0 Å². The first-order chi connectivity index (χ1) is 6.75. The van der Waals surface area contributed by atoms with Crippen LogP contribution in [0.1, 0.15) is 30.6 Å². The van der Waals surface area contributed by atoms with Gasteiger partial charge in [-0.2, -0.15) is 0 Å². The van der Waals surface area contributed by atoms with Gasteiger partial charge in [0.1, 0.15) is 0 Å². The quantitative estimate of drug-likeness (QED) is 0.876. The Labute approximate surface area is 97.8 Å². The fourth-order valence-corrected chi connectivity index (χ4v) is 3.88. The van der Waals surface area contributed by atoms with E-state index in [4.69, 9.17) is 5.73 Å². The fourth-order valence-electron chi connectivity index (χ4n) is 2.25.